The van der Waals surface area contributed by atoms with Crippen molar-refractivity contribution in [2.45, 2.75) is 39.0 Å². The standard InChI is InChI=1S/C15H21N5O/c1-3-4-5-6-7-14(21)16-13-10-8-12(9-11-13)15-17-18-19-20(15)2/h8-11H,3-7H2,1-2H3,(H,16,21). The highest BCUT2D eigenvalue weighted by molar-refractivity contribution is 5.90. The van der Waals surface area contributed by atoms with Gasteiger partial charge < -0.3 is 5.32 Å². The van der Waals surface area contributed by atoms with Crippen molar-refractivity contribution in [3.8, 4) is 11.4 Å². The molecule has 21 heavy (non-hydrogen) atoms. The van der Waals surface area contributed by atoms with Crippen molar-refractivity contribution in [2.24, 2.45) is 7.05 Å². The lowest BCUT2D eigenvalue weighted by Gasteiger charge is -2.06. The maximum atomic E-state index is 11.8. The predicted molar refractivity (Wildman–Crippen MR) is 81.6 cm³/mol. The third-order valence-electron chi connectivity index (χ3n) is 3.30. The van der Waals surface area contributed by atoms with E-state index >= 15 is 0 Å². The maximum absolute atomic E-state index is 11.8. The van der Waals surface area contributed by atoms with Crippen LogP contribution >= 0.6 is 0 Å². The van der Waals surface area contributed by atoms with E-state index in [1.807, 2.05) is 24.3 Å². The number of tetrazole rings is 1. The molecule has 2 rings (SSSR count). The number of amides is 1. The van der Waals surface area contributed by atoms with E-state index in [0.29, 0.717) is 12.2 Å². The van der Waals surface area contributed by atoms with Crippen LogP contribution < -0.4 is 5.32 Å². The van der Waals surface area contributed by atoms with E-state index in [1.165, 1.54) is 12.8 Å². The highest BCUT2D eigenvalue weighted by atomic mass is 16.1. The van der Waals surface area contributed by atoms with Crippen LogP contribution in [-0.2, 0) is 11.8 Å². The van der Waals surface area contributed by atoms with Crippen LogP contribution in [0.4, 0.5) is 5.69 Å². The molecule has 1 N–H and O–H groups in total. The van der Waals surface area contributed by atoms with Crippen LogP contribution in [0.1, 0.15) is 39.0 Å². The van der Waals surface area contributed by atoms with E-state index < -0.39 is 0 Å². The molecule has 2 aromatic rings. The van der Waals surface area contributed by atoms with E-state index in [-0.39, 0.29) is 5.91 Å². The molecule has 0 saturated heterocycles. The summed E-state index contributed by atoms with van der Waals surface area (Å²) in [5, 5.41) is 14.3. The average molecular weight is 287 g/mol. The van der Waals surface area contributed by atoms with E-state index in [1.54, 1.807) is 11.7 Å². The molecular formula is C15H21N5O. The van der Waals surface area contributed by atoms with Gasteiger partial charge in [0.1, 0.15) is 0 Å². The third-order valence-corrected chi connectivity index (χ3v) is 3.30. The first kappa shape index (κ1) is 15.2. The second kappa shape index (κ2) is 7.52. The molecule has 0 fully saturated rings. The number of nitrogens with one attached hydrogen (secondary N) is 1. The zero-order valence-corrected chi connectivity index (χ0v) is 12.5. The van der Waals surface area contributed by atoms with E-state index in [2.05, 4.69) is 27.8 Å². The Morgan fingerprint density at radius 1 is 1.19 bits per heavy atom. The Hall–Kier alpha value is -2.24. The smallest absolute Gasteiger partial charge is 0.224 e. The van der Waals surface area contributed by atoms with Crippen molar-refractivity contribution in [3.63, 3.8) is 0 Å². The second-order valence-corrected chi connectivity index (χ2v) is 5.06. The zero-order chi connectivity index (χ0) is 15.1. The summed E-state index contributed by atoms with van der Waals surface area (Å²) in [5.41, 5.74) is 1.72. The van der Waals surface area contributed by atoms with Crippen molar-refractivity contribution < 1.29 is 4.79 Å². The lowest BCUT2D eigenvalue weighted by molar-refractivity contribution is -0.116. The molecule has 1 aromatic heterocycles. The molecule has 0 aliphatic carbocycles. The minimum atomic E-state index is 0.0687. The number of carbonyl (C=O) groups excluding carboxylic acids is 1. The van der Waals surface area contributed by atoms with E-state index in [0.717, 1.165) is 24.1 Å². The molecule has 0 aliphatic heterocycles. The van der Waals surface area contributed by atoms with Gasteiger partial charge in [0.25, 0.3) is 0 Å². The lowest BCUT2D eigenvalue weighted by atomic mass is 10.1. The number of hydrogen-bond acceptors (Lipinski definition) is 4. The summed E-state index contributed by atoms with van der Waals surface area (Å²) in [6.45, 7) is 2.16. The SMILES string of the molecule is CCCCCCC(=O)Nc1ccc(-c2nnnn2C)cc1. The molecular weight excluding hydrogens is 266 g/mol. The van der Waals surface area contributed by atoms with Crippen molar-refractivity contribution >= 4 is 11.6 Å². The summed E-state index contributed by atoms with van der Waals surface area (Å²) in [6.07, 6.45) is 5.01. The molecule has 1 amide bonds. The Labute approximate surface area is 124 Å². The number of aromatic nitrogens is 4. The fraction of sp³-hybridized carbons (Fsp3) is 0.467. The van der Waals surface area contributed by atoms with Gasteiger partial charge in [0.15, 0.2) is 5.82 Å². The number of unbranched alkanes of at least 4 members (excludes halogenated alkanes) is 3. The van der Waals surface area contributed by atoms with Gasteiger partial charge in [-0.25, -0.2) is 4.68 Å². The van der Waals surface area contributed by atoms with Crippen LogP contribution in [0, 0.1) is 0 Å². The van der Waals surface area contributed by atoms with Crippen molar-refractivity contribution in [1.82, 2.24) is 20.2 Å². The molecule has 0 spiro atoms. The van der Waals surface area contributed by atoms with Crippen LogP contribution in [-0.4, -0.2) is 26.1 Å². The minimum absolute atomic E-state index is 0.0687. The number of benzene rings is 1. The summed E-state index contributed by atoms with van der Waals surface area (Å²) in [6, 6.07) is 7.54. The van der Waals surface area contributed by atoms with Gasteiger partial charge in [-0.1, -0.05) is 26.2 Å². The fourth-order valence-corrected chi connectivity index (χ4v) is 2.11. The van der Waals surface area contributed by atoms with Crippen molar-refractivity contribution in [2.75, 3.05) is 5.32 Å². The molecule has 0 bridgehead atoms. The number of hydrogen-bond donors (Lipinski definition) is 1. The van der Waals surface area contributed by atoms with Crippen molar-refractivity contribution in [3.05, 3.63) is 24.3 Å². The Bertz CT molecular complexity index is 576. The van der Waals surface area contributed by atoms with Gasteiger partial charge >= 0.3 is 0 Å². The van der Waals surface area contributed by atoms with Crippen LogP contribution in [0.5, 0.6) is 0 Å². The van der Waals surface area contributed by atoms with Crippen LogP contribution in [0.2, 0.25) is 0 Å². The molecule has 0 saturated carbocycles. The van der Waals surface area contributed by atoms with E-state index in [4.69, 9.17) is 0 Å². The fourth-order valence-electron chi connectivity index (χ4n) is 2.11. The Kier molecular flexibility index (Phi) is 5.43. The van der Waals surface area contributed by atoms with Gasteiger partial charge in [-0.3, -0.25) is 4.79 Å². The third kappa shape index (κ3) is 4.37. The van der Waals surface area contributed by atoms with Gasteiger partial charge in [-0.15, -0.1) is 5.10 Å². The quantitative estimate of drug-likeness (QED) is 0.795. The van der Waals surface area contributed by atoms with Gasteiger partial charge in [-0.2, -0.15) is 0 Å². The van der Waals surface area contributed by atoms with Gasteiger partial charge in [0.05, 0.1) is 0 Å². The molecule has 112 valence electrons. The van der Waals surface area contributed by atoms with Gasteiger partial charge in [-0.05, 0) is 41.1 Å². The first-order valence-electron chi connectivity index (χ1n) is 7.33. The van der Waals surface area contributed by atoms with E-state index in [9.17, 15) is 4.79 Å². The number of rotatable bonds is 7. The first-order chi connectivity index (χ1) is 10.2. The average Bonchev–Trinajstić information content (AvgIpc) is 2.91. The number of aryl methyl sites for hydroxylation is 1. The topological polar surface area (TPSA) is 72.7 Å². The summed E-state index contributed by atoms with van der Waals surface area (Å²) < 4.78 is 1.61. The van der Waals surface area contributed by atoms with Gasteiger partial charge in [0, 0.05) is 24.7 Å². The predicted octanol–water partition coefficient (Wildman–Crippen LogP) is 2.79. The molecule has 1 heterocycles. The molecule has 6 nitrogen and oxygen atoms in total. The van der Waals surface area contributed by atoms with Crippen molar-refractivity contribution in [1.29, 1.82) is 0 Å². The Balaban J connectivity index is 1.88. The molecule has 0 radical (unpaired) electrons. The molecule has 0 aliphatic rings. The highest BCUT2D eigenvalue weighted by Crippen LogP contribution is 2.18. The molecule has 6 heteroatoms. The molecule has 0 unspecified atom stereocenters. The first-order valence-corrected chi connectivity index (χ1v) is 7.33. The number of anilines is 1. The molecule has 0 atom stereocenters. The zero-order valence-electron chi connectivity index (χ0n) is 12.5. The minimum Gasteiger partial charge on any atom is -0.326 e. The Morgan fingerprint density at radius 3 is 2.57 bits per heavy atom. The monoisotopic (exact) mass is 287 g/mol. The normalized spacial score (nSPS) is 10.6. The highest BCUT2D eigenvalue weighted by Gasteiger charge is 2.06. The summed E-state index contributed by atoms with van der Waals surface area (Å²) in [5.74, 6) is 0.770. The van der Waals surface area contributed by atoms with Crippen LogP contribution in [0.15, 0.2) is 24.3 Å². The largest absolute Gasteiger partial charge is 0.326 e. The number of nitrogens with zero attached hydrogens (tertiary/aromatic N) is 4. The summed E-state index contributed by atoms with van der Waals surface area (Å²) in [4.78, 5) is 11.8. The molecule has 1 aromatic carbocycles. The maximum Gasteiger partial charge on any atom is 0.224 e. The lowest BCUT2D eigenvalue weighted by Crippen LogP contribution is -2.10. The van der Waals surface area contributed by atoms with Crippen LogP contribution in [0.25, 0.3) is 11.4 Å². The Morgan fingerprint density at radius 2 is 1.95 bits per heavy atom. The van der Waals surface area contributed by atoms with Crippen LogP contribution in [0.3, 0.4) is 0 Å². The second-order valence-electron chi connectivity index (χ2n) is 5.06. The van der Waals surface area contributed by atoms with Gasteiger partial charge in [0.2, 0.25) is 5.91 Å². The summed E-state index contributed by atoms with van der Waals surface area (Å²) in [7, 11) is 1.79. The number of carbonyl (C=O) groups is 1. The summed E-state index contributed by atoms with van der Waals surface area (Å²) >= 11 is 0.